The zero-order valence-electron chi connectivity index (χ0n) is 16.9. The molecule has 1 N–H and O–H groups in total. The molecule has 0 saturated carbocycles. The lowest BCUT2D eigenvalue weighted by molar-refractivity contribution is -0.119. The number of hydrogen-bond donors (Lipinski definition) is 1. The molecule has 0 unspecified atom stereocenters. The first-order chi connectivity index (χ1) is 14.8. The zero-order valence-corrected chi connectivity index (χ0v) is 17.8. The summed E-state index contributed by atoms with van der Waals surface area (Å²) in [7, 11) is -3.90. The molecule has 1 heterocycles. The molecule has 1 amide bonds. The van der Waals surface area contributed by atoms with E-state index in [1.807, 2.05) is 0 Å². The lowest BCUT2D eigenvalue weighted by Gasteiger charge is -2.23. The largest absolute Gasteiger partial charge is 0.452 e. The van der Waals surface area contributed by atoms with Gasteiger partial charge in [-0.3, -0.25) is 9.10 Å². The van der Waals surface area contributed by atoms with E-state index < -0.39 is 28.5 Å². The van der Waals surface area contributed by atoms with Crippen molar-refractivity contribution in [2.45, 2.75) is 18.7 Å². The van der Waals surface area contributed by atoms with E-state index >= 15 is 0 Å². The second-order valence-electron chi connectivity index (χ2n) is 6.48. The van der Waals surface area contributed by atoms with Crippen molar-refractivity contribution in [3.63, 3.8) is 0 Å². The number of rotatable bonds is 8. The highest BCUT2D eigenvalue weighted by Crippen LogP contribution is 2.24. The molecule has 0 bridgehead atoms. The Bertz CT molecular complexity index is 1170. The van der Waals surface area contributed by atoms with Crippen LogP contribution in [0.15, 0.2) is 70.1 Å². The van der Waals surface area contributed by atoms with Crippen molar-refractivity contribution < 1.29 is 27.3 Å². The number of aromatic nitrogens is 1. The fourth-order valence-corrected chi connectivity index (χ4v) is 4.34. The molecule has 0 radical (unpaired) electrons. The van der Waals surface area contributed by atoms with E-state index in [1.54, 1.807) is 44.2 Å². The number of anilines is 2. The second-order valence-corrected chi connectivity index (χ2v) is 8.34. The summed E-state index contributed by atoms with van der Waals surface area (Å²) in [5.74, 6) is -0.716. The van der Waals surface area contributed by atoms with Gasteiger partial charge in [0.15, 0.2) is 12.4 Å². The number of ether oxygens (including phenoxy) is 1. The van der Waals surface area contributed by atoms with Crippen LogP contribution in [0, 0.1) is 6.92 Å². The quantitative estimate of drug-likeness (QED) is 0.532. The average molecular weight is 443 g/mol. The van der Waals surface area contributed by atoms with E-state index in [4.69, 9.17) is 9.26 Å². The molecule has 162 valence electrons. The number of carbonyl (C=O) groups is 2. The Morgan fingerprint density at radius 2 is 1.84 bits per heavy atom. The van der Waals surface area contributed by atoms with Crippen molar-refractivity contribution in [2.24, 2.45) is 0 Å². The van der Waals surface area contributed by atoms with Crippen LogP contribution in [-0.2, 0) is 19.6 Å². The third kappa shape index (κ3) is 5.28. The van der Waals surface area contributed by atoms with Crippen molar-refractivity contribution in [3.8, 4) is 0 Å². The number of nitrogens with zero attached hydrogens (tertiary/aromatic N) is 2. The predicted molar refractivity (Wildman–Crippen MR) is 113 cm³/mol. The first kappa shape index (κ1) is 22.0. The SMILES string of the molecule is CCN(c1ccccc1)S(=O)(=O)c1cccc(C(=O)OCC(=O)Nc2cc(C)on2)c1. The van der Waals surface area contributed by atoms with Crippen LogP contribution in [0.25, 0.3) is 0 Å². The van der Waals surface area contributed by atoms with Gasteiger partial charge in [0.25, 0.3) is 15.9 Å². The maximum Gasteiger partial charge on any atom is 0.338 e. The summed E-state index contributed by atoms with van der Waals surface area (Å²) in [4.78, 5) is 24.2. The van der Waals surface area contributed by atoms with Gasteiger partial charge in [-0.25, -0.2) is 13.2 Å². The van der Waals surface area contributed by atoms with Crippen LogP contribution in [0.5, 0.6) is 0 Å². The molecule has 9 nitrogen and oxygen atoms in total. The average Bonchev–Trinajstić information content (AvgIpc) is 3.17. The number of esters is 1. The van der Waals surface area contributed by atoms with Crippen LogP contribution < -0.4 is 9.62 Å². The van der Waals surface area contributed by atoms with E-state index in [2.05, 4.69) is 10.5 Å². The highest BCUT2D eigenvalue weighted by Gasteiger charge is 2.24. The highest BCUT2D eigenvalue weighted by molar-refractivity contribution is 7.92. The van der Waals surface area contributed by atoms with Crippen molar-refractivity contribution >= 4 is 33.4 Å². The molecule has 0 spiro atoms. The van der Waals surface area contributed by atoms with Crippen LogP contribution in [0.2, 0.25) is 0 Å². The molecular weight excluding hydrogens is 422 g/mol. The topological polar surface area (TPSA) is 119 Å². The molecule has 10 heteroatoms. The van der Waals surface area contributed by atoms with E-state index in [-0.39, 0.29) is 22.8 Å². The molecular formula is C21H21N3O6S. The first-order valence-corrected chi connectivity index (χ1v) is 10.8. The minimum absolute atomic E-state index is 0.00951. The van der Waals surface area contributed by atoms with E-state index in [0.717, 1.165) is 0 Å². The smallest absolute Gasteiger partial charge is 0.338 e. The lowest BCUT2D eigenvalue weighted by atomic mass is 10.2. The molecule has 1 aromatic heterocycles. The Morgan fingerprint density at radius 1 is 1.10 bits per heavy atom. The Balaban J connectivity index is 1.71. The number of amides is 1. The van der Waals surface area contributed by atoms with Gasteiger partial charge in [0.2, 0.25) is 0 Å². The number of para-hydroxylation sites is 1. The van der Waals surface area contributed by atoms with Crippen molar-refractivity contribution in [2.75, 3.05) is 22.8 Å². The number of nitrogens with one attached hydrogen (secondary N) is 1. The van der Waals surface area contributed by atoms with Gasteiger partial charge in [0.1, 0.15) is 5.76 Å². The number of hydrogen-bond acceptors (Lipinski definition) is 7. The number of sulfonamides is 1. The first-order valence-electron chi connectivity index (χ1n) is 9.39. The standard InChI is InChI=1S/C21H21N3O6S/c1-3-24(17-9-5-4-6-10-17)31(27,28)18-11-7-8-16(13-18)21(26)29-14-20(25)22-19-12-15(2)30-23-19/h4-13H,3,14H2,1-2H3,(H,22,23,25). The molecule has 0 atom stereocenters. The summed E-state index contributed by atoms with van der Waals surface area (Å²) in [5.41, 5.74) is 0.521. The van der Waals surface area contributed by atoms with Crippen LogP contribution in [-0.4, -0.2) is 38.6 Å². The number of aryl methyl sites for hydroxylation is 1. The molecule has 0 fully saturated rings. The molecule has 0 aliphatic rings. The number of carbonyl (C=O) groups excluding carboxylic acids is 2. The fourth-order valence-electron chi connectivity index (χ4n) is 2.82. The molecule has 31 heavy (non-hydrogen) atoms. The third-order valence-electron chi connectivity index (χ3n) is 4.22. The zero-order chi connectivity index (χ0) is 22.4. The van der Waals surface area contributed by atoms with Gasteiger partial charge >= 0.3 is 5.97 Å². The summed E-state index contributed by atoms with van der Waals surface area (Å²) in [5, 5.41) is 6.03. The van der Waals surface area contributed by atoms with Gasteiger partial charge < -0.3 is 14.6 Å². The van der Waals surface area contributed by atoms with Gasteiger partial charge in [0.05, 0.1) is 16.1 Å². The second kappa shape index (κ2) is 9.43. The Labute approximate surface area is 179 Å². The number of benzene rings is 2. The molecule has 2 aromatic carbocycles. The molecule has 0 saturated heterocycles. The highest BCUT2D eigenvalue weighted by atomic mass is 32.2. The summed E-state index contributed by atoms with van der Waals surface area (Å²) >= 11 is 0. The van der Waals surface area contributed by atoms with Crippen LogP contribution >= 0.6 is 0 Å². The normalized spacial score (nSPS) is 11.0. The van der Waals surface area contributed by atoms with E-state index in [1.165, 1.54) is 34.6 Å². The maximum absolute atomic E-state index is 13.1. The maximum atomic E-state index is 13.1. The molecule has 3 aromatic rings. The Hall–Kier alpha value is -3.66. The third-order valence-corrected chi connectivity index (χ3v) is 6.12. The summed E-state index contributed by atoms with van der Waals surface area (Å²) in [6.45, 7) is 3.04. The van der Waals surface area contributed by atoms with Crippen molar-refractivity contribution in [1.82, 2.24) is 5.16 Å². The predicted octanol–water partition coefficient (Wildman–Crippen LogP) is 2.99. The summed E-state index contributed by atoms with van der Waals surface area (Å²) in [6, 6.07) is 15.7. The van der Waals surface area contributed by atoms with Crippen LogP contribution in [0.1, 0.15) is 23.0 Å². The van der Waals surface area contributed by atoms with E-state index in [9.17, 15) is 18.0 Å². The Kier molecular flexibility index (Phi) is 6.71. The molecule has 3 rings (SSSR count). The van der Waals surface area contributed by atoms with Gasteiger partial charge in [-0.05, 0) is 44.2 Å². The van der Waals surface area contributed by atoms with Gasteiger partial charge in [-0.1, -0.05) is 29.4 Å². The molecule has 0 aliphatic carbocycles. The lowest BCUT2D eigenvalue weighted by Crippen LogP contribution is -2.30. The Morgan fingerprint density at radius 3 is 2.48 bits per heavy atom. The van der Waals surface area contributed by atoms with E-state index in [0.29, 0.717) is 11.4 Å². The summed E-state index contributed by atoms with van der Waals surface area (Å²) in [6.07, 6.45) is 0. The van der Waals surface area contributed by atoms with Crippen molar-refractivity contribution in [1.29, 1.82) is 0 Å². The monoisotopic (exact) mass is 443 g/mol. The fraction of sp³-hybridized carbons (Fsp3) is 0.190. The van der Waals surface area contributed by atoms with Gasteiger partial charge in [-0.2, -0.15) is 0 Å². The minimum atomic E-state index is -3.90. The van der Waals surface area contributed by atoms with Gasteiger partial charge in [-0.15, -0.1) is 0 Å². The van der Waals surface area contributed by atoms with Crippen LogP contribution in [0.4, 0.5) is 11.5 Å². The minimum Gasteiger partial charge on any atom is -0.452 e. The summed E-state index contributed by atoms with van der Waals surface area (Å²) < 4.78 is 37.3. The van der Waals surface area contributed by atoms with Crippen molar-refractivity contribution in [3.05, 3.63) is 72.0 Å². The molecule has 0 aliphatic heterocycles. The van der Waals surface area contributed by atoms with Gasteiger partial charge in [0, 0.05) is 12.6 Å². The van der Waals surface area contributed by atoms with Crippen LogP contribution in [0.3, 0.4) is 0 Å².